The van der Waals surface area contributed by atoms with Crippen LogP contribution in [-0.4, -0.2) is 108 Å². The van der Waals surface area contributed by atoms with Crippen LogP contribution in [0.15, 0.2) is 54.7 Å². The molecule has 0 aliphatic carbocycles. The molecule has 1 aliphatic rings. The molecular formula is C40H52F2N8O8S. The molecular weight excluding hydrogens is 791 g/mol. The lowest BCUT2D eigenvalue weighted by Crippen LogP contribution is -2.51. The molecule has 2 aromatic carbocycles. The average molecular weight is 843 g/mol. The second-order valence-electron chi connectivity index (χ2n) is 15.3. The van der Waals surface area contributed by atoms with Crippen molar-refractivity contribution in [3.05, 3.63) is 77.8 Å². The molecule has 1 fully saturated rings. The highest BCUT2D eigenvalue weighted by atomic mass is 32.2. The summed E-state index contributed by atoms with van der Waals surface area (Å²) in [5.41, 5.74) is 16.5. The molecule has 5 amide bonds. The van der Waals surface area contributed by atoms with E-state index in [1.54, 1.807) is 10.8 Å². The number of benzene rings is 2. The van der Waals surface area contributed by atoms with Crippen molar-refractivity contribution >= 4 is 47.3 Å². The predicted octanol–water partition coefficient (Wildman–Crippen LogP) is 2.48. The number of aromatic nitrogens is 2. The van der Waals surface area contributed by atoms with Gasteiger partial charge in [-0.05, 0) is 48.4 Å². The van der Waals surface area contributed by atoms with Crippen LogP contribution >= 0.6 is 11.8 Å². The maximum absolute atomic E-state index is 15.0. The van der Waals surface area contributed by atoms with Gasteiger partial charge in [0.05, 0.1) is 23.0 Å². The molecule has 1 aliphatic heterocycles. The van der Waals surface area contributed by atoms with Crippen molar-refractivity contribution in [2.24, 2.45) is 16.9 Å². The van der Waals surface area contributed by atoms with Gasteiger partial charge >= 0.3 is 5.97 Å². The van der Waals surface area contributed by atoms with E-state index in [-0.39, 0.29) is 61.8 Å². The number of carbonyl (C=O) groups excluding carboxylic acids is 5. The largest absolute Gasteiger partial charge is 0.480 e. The van der Waals surface area contributed by atoms with Crippen LogP contribution in [0, 0.1) is 17.0 Å². The van der Waals surface area contributed by atoms with Crippen molar-refractivity contribution in [1.82, 2.24) is 30.2 Å². The van der Waals surface area contributed by atoms with E-state index in [0.717, 1.165) is 40.4 Å². The monoisotopic (exact) mass is 842 g/mol. The molecule has 320 valence electrons. The van der Waals surface area contributed by atoms with Gasteiger partial charge in [0.2, 0.25) is 23.6 Å². The minimum Gasteiger partial charge on any atom is -0.480 e. The third kappa shape index (κ3) is 12.9. The van der Waals surface area contributed by atoms with Gasteiger partial charge in [-0.1, -0.05) is 57.5 Å². The first-order valence-corrected chi connectivity index (χ1v) is 20.2. The molecule has 0 spiro atoms. The third-order valence-corrected chi connectivity index (χ3v) is 11.0. The number of aliphatic hydroxyl groups is 1. The molecule has 16 nitrogen and oxygen atoms in total. The summed E-state index contributed by atoms with van der Waals surface area (Å²) in [4.78, 5) is 82.0. The number of likely N-dealkylation sites (tertiary alicyclic amines) is 1. The number of nitrogens with one attached hydrogen (secondary N) is 2. The summed E-state index contributed by atoms with van der Waals surface area (Å²) >= 11 is 1.04. The Morgan fingerprint density at radius 3 is 2.39 bits per heavy atom. The van der Waals surface area contributed by atoms with E-state index in [1.165, 1.54) is 4.90 Å². The van der Waals surface area contributed by atoms with Gasteiger partial charge in [0, 0.05) is 50.0 Å². The van der Waals surface area contributed by atoms with E-state index >= 15 is 4.39 Å². The number of rotatable bonds is 20. The van der Waals surface area contributed by atoms with Crippen LogP contribution in [0.1, 0.15) is 76.7 Å². The Balaban J connectivity index is 1.34. The van der Waals surface area contributed by atoms with Crippen LogP contribution in [0.3, 0.4) is 0 Å². The Hall–Kier alpha value is -5.24. The topological polar surface area (TPSA) is 243 Å². The number of carboxylic acid groups (broad SMARTS) is 1. The second kappa shape index (κ2) is 21.1. The van der Waals surface area contributed by atoms with Gasteiger partial charge in [-0.3, -0.25) is 44.5 Å². The van der Waals surface area contributed by atoms with E-state index in [0.29, 0.717) is 25.1 Å². The number of imidazole rings is 1. The average Bonchev–Trinajstić information content (AvgIpc) is 3.72. The van der Waals surface area contributed by atoms with Crippen LogP contribution in [0.2, 0.25) is 0 Å². The number of halogens is 2. The summed E-state index contributed by atoms with van der Waals surface area (Å²) in [6.45, 7) is 4.98. The first-order valence-electron chi connectivity index (χ1n) is 19.2. The molecule has 3 aromatic rings. The minimum absolute atomic E-state index is 0.00335. The number of unbranched alkanes of at least 4 members (excludes halogenated alkanes) is 2. The number of hydrogen-bond donors (Lipinski definition) is 6. The zero-order valence-corrected chi connectivity index (χ0v) is 34.1. The summed E-state index contributed by atoms with van der Waals surface area (Å²) < 4.78 is 31.0. The van der Waals surface area contributed by atoms with Gasteiger partial charge < -0.3 is 31.1 Å². The van der Waals surface area contributed by atoms with Gasteiger partial charge in [0.15, 0.2) is 0 Å². The van der Waals surface area contributed by atoms with Crippen molar-refractivity contribution in [2.75, 3.05) is 25.4 Å². The number of aliphatic hydroxyl groups excluding tert-OH is 1. The van der Waals surface area contributed by atoms with E-state index < -0.39 is 76.6 Å². The van der Waals surface area contributed by atoms with Gasteiger partial charge in [-0.2, -0.15) is 0 Å². The fourth-order valence-corrected chi connectivity index (χ4v) is 7.71. The molecule has 1 aromatic heterocycles. The molecule has 0 bridgehead atoms. The summed E-state index contributed by atoms with van der Waals surface area (Å²) in [5.74, 6) is -4.90. The number of carbonyl (C=O) groups is 6. The Morgan fingerprint density at radius 2 is 1.73 bits per heavy atom. The smallest absolute Gasteiger partial charge is 0.321 e. The number of hydrazine groups is 1. The quantitative estimate of drug-likeness (QED) is 0.0546. The minimum atomic E-state index is -1.21. The zero-order chi connectivity index (χ0) is 43.4. The first-order chi connectivity index (χ1) is 27.9. The van der Waals surface area contributed by atoms with Crippen molar-refractivity contribution in [3.63, 3.8) is 0 Å². The number of carboxylic acids is 1. The highest BCUT2D eigenvalue weighted by Crippen LogP contribution is 2.39. The predicted molar refractivity (Wildman–Crippen MR) is 215 cm³/mol. The van der Waals surface area contributed by atoms with E-state index in [4.69, 9.17) is 21.6 Å². The molecule has 8 N–H and O–H groups in total. The SMILES string of the molecule is CC(C)(C)[C@H](c1nc(-c2cc(F)ccc2F)cn1Cc1ccccc1)N(CC[C@H](N)C(=O)NNC(=O)CCCCCN1C(=O)CC(SC[C@H](N)C(=O)O)C1=O)C(=O)CO. The van der Waals surface area contributed by atoms with Crippen molar-refractivity contribution in [1.29, 1.82) is 0 Å². The van der Waals surface area contributed by atoms with Crippen LogP contribution in [0.25, 0.3) is 11.3 Å². The van der Waals surface area contributed by atoms with Crippen LogP contribution in [0.5, 0.6) is 0 Å². The van der Waals surface area contributed by atoms with E-state index in [2.05, 4.69) is 10.9 Å². The molecule has 4 rings (SSSR count). The first kappa shape index (κ1) is 46.4. The molecule has 2 heterocycles. The summed E-state index contributed by atoms with van der Waals surface area (Å²) in [6, 6.07) is 9.17. The van der Waals surface area contributed by atoms with Crippen molar-refractivity contribution in [2.45, 2.75) is 89.2 Å². The summed E-state index contributed by atoms with van der Waals surface area (Å²) in [7, 11) is 0. The van der Waals surface area contributed by atoms with E-state index in [1.807, 2.05) is 51.1 Å². The van der Waals surface area contributed by atoms with Crippen LogP contribution < -0.4 is 22.3 Å². The maximum atomic E-state index is 15.0. The highest BCUT2D eigenvalue weighted by molar-refractivity contribution is 8.00. The standard InChI is InChI=1S/C40H52F2N8O8S/c1-40(2,3)35(36-45-30(26-18-25(41)13-14-27(26)42)21-48(36)20-24-10-6-4-7-11-24)49(34(54)22-51)17-15-28(43)37(55)47-46-32(52)12-8-5-9-16-50-33(53)19-31(38(50)56)59-23-29(44)39(57)58/h4,6-7,10-11,13-14,18,21,28-29,31,35,51H,5,8-9,12,15-17,19-20,22-23,43-44H2,1-3H3,(H,46,52)(H,47,55)(H,57,58)/t28-,29-,31?,35-/m0/s1. The lowest BCUT2D eigenvalue weighted by atomic mass is 9.84. The number of imide groups is 1. The summed E-state index contributed by atoms with van der Waals surface area (Å²) in [6.07, 6.45) is 2.78. The third-order valence-electron chi connectivity index (χ3n) is 9.66. The number of nitrogens with two attached hydrogens (primary N) is 2. The molecule has 4 atom stereocenters. The fourth-order valence-electron chi connectivity index (χ4n) is 6.60. The van der Waals surface area contributed by atoms with Gasteiger partial charge in [-0.15, -0.1) is 11.8 Å². The van der Waals surface area contributed by atoms with Gasteiger partial charge in [0.25, 0.3) is 5.91 Å². The number of aliphatic carboxylic acids is 1. The lowest BCUT2D eigenvalue weighted by molar-refractivity contribution is -0.140. The number of thioether (sulfide) groups is 1. The van der Waals surface area contributed by atoms with Crippen molar-refractivity contribution in [3.8, 4) is 11.3 Å². The Kier molecular flexibility index (Phi) is 16.6. The molecule has 0 radical (unpaired) electrons. The molecule has 59 heavy (non-hydrogen) atoms. The molecule has 19 heteroatoms. The lowest BCUT2D eigenvalue weighted by Gasteiger charge is -2.40. The molecule has 1 saturated heterocycles. The Morgan fingerprint density at radius 1 is 1.02 bits per heavy atom. The van der Waals surface area contributed by atoms with Gasteiger partial charge in [-0.25, -0.2) is 13.8 Å². The number of amides is 5. The van der Waals surface area contributed by atoms with E-state index in [9.17, 15) is 38.3 Å². The summed E-state index contributed by atoms with van der Waals surface area (Å²) in [5, 5.41) is 18.3. The number of hydrogen-bond acceptors (Lipinski definition) is 11. The molecule has 0 saturated carbocycles. The number of nitrogens with zero attached hydrogens (tertiary/aromatic N) is 4. The maximum Gasteiger partial charge on any atom is 0.321 e. The Bertz CT molecular complexity index is 1980. The second-order valence-corrected chi connectivity index (χ2v) is 16.6. The van der Waals surface area contributed by atoms with Gasteiger partial charge in [0.1, 0.15) is 30.1 Å². The fraction of sp³-hybridized carbons (Fsp3) is 0.475. The zero-order valence-electron chi connectivity index (χ0n) is 33.2. The molecule has 1 unspecified atom stereocenters. The van der Waals surface area contributed by atoms with Crippen LogP contribution in [0.4, 0.5) is 8.78 Å². The normalized spacial score (nSPS) is 15.8. The van der Waals surface area contributed by atoms with Crippen molar-refractivity contribution < 1.29 is 47.8 Å². The highest BCUT2D eigenvalue weighted by Gasteiger charge is 2.40. The Labute approximate surface area is 345 Å². The van der Waals surface area contributed by atoms with Crippen LogP contribution in [-0.2, 0) is 35.3 Å².